The molecule has 0 N–H and O–H groups in total. The van der Waals surface area contributed by atoms with Crippen molar-refractivity contribution in [3.63, 3.8) is 0 Å². The Balaban J connectivity index is 1.04. The van der Waals surface area contributed by atoms with Crippen LogP contribution in [-0.2, 0) is 11.2 Å². The minimum absolute atomic E-state index is 0.0102. The Bertz CT molecular complexity index is 2900. The van der Waals surface area contributed by atoms with Gasteiger partial charge in [0.05, 0.1) is 45.2 Å². The van der Waals surface area contributed by atoms with Gasteiger partial charge in [-0.05, 0) is 99.9 Å². The first-order valence-electron chi connectivity index (χ1n) is 20.5. The van der Waals surface area contributed by atoms with Gasteiger partial charge in [0.15, 0.2) is 34.5 Å². The van der Waals surface area contributed by atoms with Crippen molar-refractivity contribution in [1.82, 2.24) is 0 Å². The molecule has 298 valence electrons. The topological polar surface area (TPSA) is 143 Å². The number of benzene rings is 3. The van der Waals surface area contributed by atoms with Crippen LogP contribution in [0.4, 0.5) is 11.4 Å². The molecule has 2 spiro atoms. The Labute approximate surface area is 363 Å². The molecule has 0 radical (unpaired) electrons. The maximum absolute atomic E-state index is 13.7. The summed E-state index contributed by atoms with van der Waals surface area (Å²) in [5.74, 6) is -0.504. The molecular weight excluding hydrogens is 817 g/mol. The maximum Gasteiger partial charge on any atom is 0.197 e. The van der Waals surface area contributed by atoms with Crippen molar-refractivity contribution in [2.45, 2.75) is 75.4 Å². The number of carbonyl (C=O) groups is 4. The normalized spacial score (nSPS) is 18.2. The third kappa shape index (κ3) is 5.34. The number of carbonyl (C=O) groups excluding carboxylic acids is 4. The Morgan fingerprint density at radius 2 is 0.903 bits per heavy atom. The summed E-state index contributed by atoms with van der Waals surface area (Å²) in [5, 5.41) is 19.1. The second kappa shape index (κ2) is 13.6. The molecule has 12 heteroatoms. The van der Waals surface area contributed by atoms with Crippen LogP contribution in [0, 0.1) is 35.8 Å². The lowest BCUT2D eigenvalue weighted by molar-refractivity contribution is 0.0205. The summed E-state index contributed by atoms with van der Waals surface area (Å²) in [5.41, 5.74) is 3.67. The number of nitriles is 2. The van der Waals surface area contributed by atoms with Crippen molar-refractivity contribution < 1.29 is 28.7 Å². The first kappa shape index (κ1) is 37.8. The first-order valence-corrected chi connectivity index (χ1v) is 22.1. The molecule has 11 rings (SSSR count). The van der Waals surface area contributed by atoms with Gasteiger partial charge in [-0.15, -0.1) is 22.7 Å². The minimum Gasteiger partial charge on any atom is -0.481 e. The minimum atomic E-state index is -0.610. The van der Waals surface area contributed by atoms with E-state index in [9.17, 15) is 29.7 Å². The van der Waals surface area contributed by atoms with Crippen molar-refractivity contribution in [2.24, 2.45) is 0 Å². The average molecular weight is 847 g/mol. The lowest BCUT2D eigenvalue weighted by Gasteiger charge is -2.45. The second-order valence-corrected chi connectivity index (χ2v) is 18.8. The molecule has 0 bridgehead atoms. The third-order valence-electron chi connectivity index (χ3n) is 13.3. The number of allylic oxidation sites excluding steroid dienone is 2. The highest BCUT2D eigenvalue weighted by atomic mass is 32.1. The highest BCUT2D eigenvalue weighted by Crippen LogP contribution is 2.60. The van der Waals surface area contributed by atoms with E-state index in [1.165, 1.54) is 46.9 Å². The van der Waals surface area contributed by atoms with E-state index in [4.69, 9.17) is 22.6 Å². The van der Waals surface area contributed by atoms with Crippen molar-refractivity contribution in [3.8, 4) is 44.5 Å². The molecule has 5 aromatic rings. The second-order valence-electron chi connectivity index (χ2n) is 16.7. The third-order valence-corrected chi connectivity index (χ3v) is 15.5. The molecule has 2 fully saturated rings. The fraction of sp³-hybridized carbons (Fsp3) is 0.240. The van der Waals surface area contributed by atoms with Gasteiger partial charge in [-0.3, -0.25) is 28.9 Å². The van der Waals surface area contributed by atoms with Crippen LogP contribution in [0.5, 0.6) is 11.5 Å². The Kier molecular flexibility index (Phi) is 8.31. The first-order chi connectivity index (χ1) is 30.1. The number of hydrogen-bond donors (Lipinski definition) is 0. The Morgan fingerprint density at radius 1 is 0.532 bits per heavy atom. The van der Waals surface area contributed by atoms with Gasteiger partial charge in [0, 0.05) is 54.3 Å². The predicted molar refractivity (Wildman–Crippen MR) is 232 cm³/mol. The molecule has 0 unspecified atom stereocenters. The zero-order valence-corrected chi connectivity index (χ0v) is 34.5. The Morgan fingerprint density at radius 3 is 1.26 bits per heavy atom. The van der Waals surface area contributed by atoms with Gasteiger partial charge in [-0.1, -0.05) is 25.0 Å². The van der Waals surface area contributed by atoms with Crippen LogP contribution in [0.3, 0.4) is 0 Å². The SMILES string of the molecule is [C-]#[N+]c1cc2c(cc1[N+]#[C-])C(=O)C(=Cc1cc3c(s1)-c1cc4c(cc1C1(CCCCC1)O3)-c1sc(C=C3C(=O)c5cc(C#N)c(C#N)cc5C3=O)cc1OC41CCCCC1)C2=O. The number of fused-ring (bicyclic) bond motifs is 10. The molecule has 4 heterocycles. The standard InChI is InChI=1S/C50H30N4O6S2/c1-53-39-21-31-32(22-40(39)54-2)46(58)36(45(31)57)16-28-18-42-48(62-28)34-20-37-33(19-38(34)50(60-42)11-7-4-8-12-50)47-41(59-49(37)9-5-3-6-10-49)17-27(61-47)15-35-43(55)29-13-25(23-51)26(24-52)14-30(29)44(35)56/h13-22H,3-12H2. The molecule has 2 saturated carbocycles. The Hall–Kier alpha value is -7.22. The summed E-state index contributed by atoms with van der Waals surface area (Å²) >= 11 is 2.91. The van der Waals surface area contributed by atoms with E-state index in [0.717, 1.165) is 96.2 Å². The van der Waals surface area contributed by atoms with Crippen LogP contribution in [0.25, 0.3) is 42.7 Å². The van der Waals surface area contributed by atoms with Gasteiger partial charge < -0.3 is 9.47 Å². The fourth-order valence-electron chi connectivity index (χ4n) is 10.3. The summed E-state index contributed by atoms with van der Waals surface area (Å²) in [7, 11) is 0. The van der Waals surface area contributed by atoms with Gasteiger partial charge in [-0.25, -0.2) is 0 Å². The maximum atomic E-state index is 13.7. The van der Waals surface area contributed by atoms with Gasteiger partial charge >= 0.3 is 0 Å². The molecule has 2 aromatic heterocycles. The summed E-state index contributed by atoms with van der Waals surface area (Å²) in [6.07, 6.45) is 12.6. The number of ketones is 4. The molecule has 6 aliphatic rings. The summed E-state index contributed by atoms with van der Waals surface area (Å²) in [4.78, 5) is 64.6. The smallest absolute Gasteiger partial charge is 0.197 e. The van der Waals surface area contributed by atoms with E-state index < -0.39 is 34.3 Å². The van der Waals surface area contributed by atoms with E-state index in [2.05, 4.69) is 21.8 Å². The molecule has 62 heavy (non-hydrogen) atoms. The molecule has 0 atom stereocenters. The van der Waals surface area contributed by atoms with E-state index in [1.807, 2.05) is 24.3 Å². The summed E-state index contributed by atoms with van der Waals surface area (Å²) in [6, 6.07) is 17.7. The monoisotopic (exact) mass is 846 g/mol. The zero-order valence-electron chi connectivity index (χ0n) is 32.9. The van der Waals surface area contributed by atoms with Crippen LogP contribution in [-0.4, -0.2) is 23.1 Å². The predicted octanol–water partition coefficient (Wildman–Crippen LogP) is 12.0. The number of rotatable bonds is 2. The lowest BCUT2D eigenvalue weighted by atomic mass is 9.71. The van der Waals surface area contributed by atoms with Crippen molar-refractivity contribution in [3.05, 3.63) is 137 Å². The van der Waals surface area contributed by atoms with Gasteiger partial charge in [-0.2, -0.15) is 10.5 Å². The molecule has 0 amide bonds. The van der Waals surface area contributed by atoms with Crippen molar-refractivity contribution in [2.75, 3.05) is 0 Å². The van der Waals surface area contributed by atoms with E-state index >= 15 is 0 Å². The summed E-state index contributed by atoms with van der Waals surface area (Å²) < 4.78 is 14.2. The fourth-order valence-corrected chi connectivity index (χ4v) is 12.4. The lowest BCUT2D eigenvalue weighted by Crippen LogP contribution is -2.40. The van der Waals surface area contributed by atoms with Crippen LogP contribution in [0.15, 0.2) is 59.7 Å². The highest BCUT2D eigenvalue weighted by molar-refractivity contribution is 7.17. The molecule has 4 aliphatic carbocycles. The van der Waals surface area contributed by atoms with Crippen molar-refractivity contribution in [1.29, 1.82) is 10.5 Å². The number of nitrogens with zero attached hydrogens (tertiary/aromatic N) is 4. The molecular formula is C50H30N4O6S2. The van der Waals surface area contributed by atoms with E-state index in [1.54, 1.807) is 12.2 Å². The van der Waals surface area contributed by atoms with Crippen LogP contribution in [0.1, 0.15) is 138 Å². The number of thiophene rings is 2. The highest BCUT2D eigenvalue weighted by Gasteiger charge is 2.48. The summed E-state index contributed by atoms with van der Waals surface area (Å²) in [6.45, 7) is 15.0. The number of ether oxygens (including phenoxy) is 2. The number of hydrogen-bond acceptors (Lipinski definition) is 10. The quantitative estimate of drug-likeness (QED) is 0.0970. The zero-order chi connectivity index (χ0) is 42.7. The van der Waals surface area contributed by atoms with Gasteiger partial charge in [0.1, 0.15) is 34.8 Å². The van der Waals surface area contributed by atoms with E-state index in [0.29, 0.717) is 21.3 Å². The van der Waals surface area contributed by atoms with Crippen LogP contribution < -0.4 is 9.47 Å². The number of Topliss-reactive ketones (excluding diaryl/α,β-unsaturated/α-hetero) is 4. The van der Waals surface area contributed by atoms with Crippen LogP contribution in [0.2, 0.25) is 0 Å². The molecule has 2 aliphatic heterocycles. The van der Waals surface area contributed by atoms with Gasteiger partial charge in [0.25, 0.3) is 0 Å². The van der Waals surface area contributed by atoms with Crippen LogP contribution >= 0.6 is 22.7 Å². The largest absolute Gasteiger partial charge is 0.481 e. The molecule has 0 saturated heterocycles. The molecule has 10 nitrogen and oxygen atoms in total. The average Bonchev–Trinajstić information content (AvgIpc) is 4.02. The van der Waals surface area contributed by atoms with E-state index in [-0.39, 0.29) is 55.9 Å². The van der Waals surface area contributed by atoms with Crippen molar-refractivity contribution >= 4 is 69.3 Å². The van der Waals surface area contributed by atoms with Gasteiger partial charge in [0.2, 0.25) is 0 Å². The molecule has 3 aromatic carbocycles.